The summed E-state index contributed by atoms with van der Waals surface area (Å²) in [5.41, 5.74) is 6.05. The molecule has 0 unspecified atom stereocenters. The average molecular weight is 421 g/mol. The second-order valence-corrected chi connectivity index (χ2v) is 8.17. The van der Waals surface area contributed by atoms with Gasteiger partial charge in [-0.25, -0.2) is 0 Å². The van der Waals surface area contributed by atoms with Crippen molar-refractivity contribution in [2.45, 2.75) is 18.4 Å². The SMILES string of the molecule is O=[N+]([O-])c1ccc2c(c1)[C@@H]1c3ccccc3C[C@@H]1[C@@H](c1cccc(Br)c1)N2. The number of rotatable bonds is 2. The lowest BCUT2D eigenvalue weighted by Crippen LogP contribution is -2.30. The Balaban J connectivity index is 1.69. The smallest absolute Gasteiger partial charge is 0.269 e. The minimum Gasteiger partial charge on any atom is -0.378 e. The van der Waals surface area contributed by atoms with Crippen molar-refractivity contribution >= 4 is 27.3 Å². The van der Waals surface area contributed by atoms with E-state index in [0.29, 0.717) is 5.92 Å². The topological polar surface area (TPSA) is 55.2 Å². The maximum Gasteiger partial charge on any atom is 0.269 e. The van der Waals surface area contributed by atoms with Gasteiger partial charge in [0.05, 0.1) is 11.0 Å². The van der Waals surface area contributed by atoms with Crippen LogP contribution >= 0.6 is 15.9 Å². The van der Waals surface area contributed by atoms with Gasteiger partial charge in [0.2, 0.25) is 0 Å². The van der Waals surface area contributed by atoms with Crippen LogP contribution in [0.25, 0.3) is 0 Å². The number of nitrogens with one attached hydrogen (secondary N) is 1. The van der Waals surface area contributed by atoms with E-state index in [1.54, 1.807) is 12.1 Å². The number of fused-ring (bicyclic) bond motifs is 5. The standard InChI is InChI=1S/C22H17BrN2O2/c23-15-6-3-5-14(10-15)22-19-11-13-4-1-2-7-17(13)21(19)18-12-16(25(26)27)8-9-20(18)24-22/h1-10,12,19,21-22,24H,11H2/t19-,21-,22+/m0/s1. The van der Waals surface area contributed by atoms with Gasteiger partial charge in [-0.15, -0.1) is 0 Å². The van der Waals surface area contributed by atoms with Crippen LogP contribution in [0.5, 0.6) is 0 Å². The Morgan fingerprint density at radius 1 is 1.00 bits per heavy atom. The van der Waals surface area contributed by atoms with Crippen molar-refractivity contribution in [3.05, 3.63) is 104 Å². The molecule has 3 aromatic rings. The lowest BCUT2D eigenvalue weighted by atomic mass is 9.75. The average Bonchev–Trinajstić information content (AvgIpc) is 3.06. The minimum absolute atomic E-state index is 0.152. The molecule has 2 aliphatic rings. The van der Waals surface area contributed by atoms with E-state index in [2.05, 4.69) is 63.7 Å². The molecule has 0 saturated carbocycles. The van der Waals surface area contributed by atoms with Crippen molar-refractivity contribution in [1.82, 2.24) is 0 Å². The molecule has 0 spiro atoms. The second-order valence-electron chi connectivity index (χ2n) is 7.25. The second kappa shape index (κ2) is 6.20. The summed E-state index contributed by atoms with van der Waals surface area (Å²) in [7, 11) is 0. The summed E-state index contributed by atoms with van der Waals surface area (Å²) >= 11 is 3.58. The van der Waals surface area contributed by atoms with E-state index >= 15 is 0 Å². The highest BCUT2D eigenvalue weighted by atomic mass is 79.9. The van der Waals surface area contributed by atoms with Crippen molar-refractivity contribution < 1.29 is 4.92 Å². The Morgan fingerprint density at radius 2 is 1.85 bits per heavy atom. The fourth-order valence-corrected chi connectivity index (χ4v) is 5.11. The van der Waals surface area contributed by atoms with Crippen molar-refractivity contribution in [1.29, 1.82) is 0 Å². The molecule has 1 aliphatic heterocycles. The van der Waals surface area contributed by atoms with Gasteiger partial charge in [0, 0.05) is 28.2 Å². The molecule has 1 aliphatic carbocycles. The number of nitrogens with zero attached hydrogens (tertiary/aromatic N) is 1. The number of benzene rings is 3. The molecular formula is C22H17BrN2O2. The molecule has 1 N–H and O–H groups in total. The number of hydrogen-bond acceptors (Lipinski definition) is 3. The van der Waals surface area contributed by atoms with Crippen molar-refractivity contribution in [3.63, 3.8) is 0 Å². The maximum absolute atomic E-state index is 11.3. The van der Waals surface area contributed by atoms with E-state index < -0.39 is 0 Å². The van der Waals surface area contributed by atoms with Crippen LogP contribution in [0.2, 0.25) is 0 Å². The molecule has 5 heteroatoms. The van der Waals surface area contributed by atoms with E-state index in [-0.39, 0.29) is 22.6 Å². The van der Waals surface area contributed by atoms with E-state index in [9.17, 15) is 10.1 Å². The summed E-state index contributed by atoms with van der Waals surface area (Å²) < 4.78 is 1.06. The van der Waals surface area contributed by atoms with Crippen LogP contribution in [0.1, 0.15) is 34.2 Å². The lowest BCUT2D eigenvalue weighted by Gasteiger charge is -2.38. The molecule has 134 valence electrons. The van der Waals surface area contributed by atoms with Gasteiger partial charge in [-0.05, 0) is 52.8 Å². The molecule has 1 heterocycles. The van der Waals surface area contributed by atoms with E-state index in [4.69, 9.17) is 0 Å². The highest BCUT2D eigenvalue weighted by Crippen LogP contribution is 2.54. The summed E-state index contributed by atoms with van der Waals surface area (Å²) in [5, 5.41) is 15.0. The predicted octanol–water partition coefficient (Wildman–Crippen LogP) is 5.83. The fourth-order valence-electron chi connectivity index (χ4n) is 4.69. The summed E-state index contributed by atoms with van der Waals surface area (Å²) in [5.74, 6) is 0.493. The first-order chi connectivity index (χ1) is 13.1. The molecule has 3 aromatic carbocycles. The summed E-state index contributed by atoms with van der Waals surface area (Å²) in [6, 6.07) is 22.3. The molecular weight excluding hydrogens is 404 g/mol. The zero-order valence-corrected chi connectivity index (χ0v) is 16.0. The highest BCUT2D eigenvalue weighted by Gasteiger charge is 2.43. The molecule has 0 amide bonds. The monoisotopic (exact) mass is 420 g/mol. The minimum atomic E-state index is -0.309. The Labute approximate surface area is 165 Å². The third kappa shape index (κ3) is 2.65. The summed E-state index contributed by atoms with van der Waals surface area (Å²) in [4.78, 5) is 11.0. The number of hydrogen-bond donors (Lipinski definition) is 1. The molecule has 0 bridgehead atoms. The number of halogens is 1. The Bertz CT molecular complexity index is 1070. The Hall–Kier alpha value is -2.66. The third-order valence-corrected chi connectivity index (χ3v) is 6.30. The molecule has 27 heavy (non-hydrogen) atoms. The molecule has 0 radical (unpaired) electrons. The first kappa shape index (κ1) is 16.5. The van der Waals surface area contributed by atoms with Gasteiger partial charge in [-0.1, -0.05) is 52.3 Å². The van der Waals surface area contributed by atoms with Gasteiger partial charge < -0.3 is 5.32 Å². The van der Waals surface area contributed by atoms with Crippen molar-refractivity contribution in [3.8, 4) is 0 Å². The van der Waals surface area contributed by atoms with Crippen LogP contribution in [0.4, 0.5) is 11.4 Å². The van der Waals surface area contributed by atoms with Crippen LogP contribution < -0.4 is 5.32 Å². The van der Waals surface area contributed by atoms with Gasteiger partial charge in [0.25, 0.3) is 5.69 Å². The molecule has 3 atom stereocenters. The van der Waals surface area contributed by atoms with Crippen LogP contribution in [-0.2, 0) is 6.42 Å². The van der Waals surface area contributed by atoms with Crippen LogP contribution in [0.3, 0.4) is 0 Å². The first-order valence-electron chi connectivity index (χ1n) is 9.00. The molecule has 4 nitrogen and oxygen atoms in total. The Morgan fingerprint density at radius 3 is 2.67 bits per heavy atom. The number of nitro groups is 1. The number of non-ortho nitro benzene ring substituents is 1. The number of nitro benzene ring substituents is 1. The molecule has 0 aromatic heterocycles. The third-order valence-electron chi connectivity index (χ3n) is 5.80. The van der Waals surface area contributed by atoms with E-state index in [1.807, 2.05) is 12.1 Å². The lowest BCUT2D eigenvalue weighted by molar-refractivity contribution is -0.384. The zero-order chi connectivity index (χ0) is 18.5. The summed E-state index contributed by atoms with van der Waals surface area (Å²) in [6.45, 7) is 0. The quantitative estimate of drug-likeness (QED) is 0.419. The van der Waals surface area contributed by atoms with Gasteiger partial charge in [-0.2, -0.15) is 0 Å². The van der Waals surface area contributed by atoms with Crippen molar-refractivity contribution in [2.24, 2.45) is 5.92 Å². The van der Waals surface area contributed by atoms with Crippen LogP contribution in [0.15, 0.2) is 71.2 Å². The van der Waals surface area contributed by atoms with Gasteiger partial charge in [0.15, 0.2) is 0 Å². The molecule has 5 rings (SSSR count). The van der Waals surface area contributed by atoms with E-state index in [1.165, 1.54) is 16.7 Å². The van der Waals surface area contributed by atoms with Crippen LogP contribution in [-0.4, -0.2) is 4.92 Å². The zero-order valence-electron chi connectivity index (χ0n) is 14.4. The Kier molecular flexibility index (Phi) is 3.79. The van der Waals surface area contributed by atoms with Crippen molar-refractivity contribution in [2.75, 3.05) is 5.32 Å². The number of anilines is 1. The first-order valence-corrected chi connectivity index (χ1v) is 9.79. The summed E-state index contributed by atoms with van der Waals surface area (Å²) in [6.07, 6.45) is 0.965. The normalized spacial score (nSPS) is 22.3. The van der Waals surface area contributed by atoms with Crippen LogP contribution in [0, 0.1) is 16.0 Å². The molecule has 0 saturated heterocycles. The van der Waals surface area contributed by atoms with Gasteiger partial charge in [0.1, 0.15) is 0 Å². The highest BCUT2D eigenvalue weighted by molar-refractivity contribution is 9.10. The fraction of sp³-hybridized carbons (Fsp3) is 0.182. The largest absolute Gasteiger partial charge is 0.378 e. The van der Waals surface area contributed by atoms with Gasteiger partial charge in [-0.3, -0.25) is 10.1 Å². The maximum atomic E-state index is 11.3. The van der Waals surface area contributed by atoms with Gasteiger partial charge >= 0.3 is 0 Å². The molecule has 0 fully saturated rings. The predicted molar refractivity (Wildman–Crippen MR) is 109 cm³/mol. The van der Waals surface area contributed by atoms with E-state index in [0.717, 1.165) is 22.1 Å².